The summed E-state index contributed by atoms with van der Waals surface area (Å²) in [4.78, 5) is 25.1. The molecule has 2 aromatic heterocycles. The van der Waals surface area contributed by atoms with E-state index in [4.69, 9.17) is 15.2 Å². The van der Waals surface area contributed by atoms with E-state index >= 15 is 0 Å². The lowest BCUT2D eigenvalue weighted by Gasteiger charge is -2.35. The summed E-state index contributed by atoms with van der Waals surface area (Å²) in [6.07, 6.45) is 1.76. The van der Waals surface area contributed by atoms with Crippen LogP contribution in [0.3, 0.4) is 0 Å². The molecule has 0 radical (unpaired) electrons. The van der Waals surface area contributed by atoms with Gasteiger partial charge in [0.2, 0.25) is 11.5 Å². The number of ether oxygens (including phenoxy) is 2. The Morgan fingerprint density at radius 1 is 1.25 bits per heavy atom. The highest BCUT2D eigenvalue weighted by molar-refractivity contribution is 6.00. The lowest BCUT2D eigenvalue weighted by Crippen LogP contribution is -2.43. The predicted octanol–water partition coefficient (Wildman–Crippen LogP) is 3.34. The molecule has 0 aliphatic carbocycles. The fourth-order valence-electron chi connectivity index (χ4n) is 4.30. The summed E-state index contributed by atoms with van der Waals surface area (Å²) in [5, 5.41) is 7.13. The van der Waals surface area contributed by atoms with Crippen molar-refractivity contribution in [2.45, 2.75) is 13.0 Å². The van der Waals surface area contributed by atoms with Crippen molar-refractivity contribution >= 4 is 45.8 Å². The number of aromatic nitrogens is 3. The molecule has 3 heterocycles. The number of nitrogens with one attached hydrogen (secondary N) is 4. The highest BCUT2D eigenvalue weighted by atomic mass is 19.1. The molecule has 2 aromatic carbocycles. The molecule has 1 fully saturated rings. The second-order valence-electron chi connectivity index (χ2n) is 8.51. The van der Waals surface area contributed by atoms with Gasteiger partial charge in [-0.15, -0.1) is 0 Å². The van der Waals surface area contributed by atoms with Crippen LogP contribution >= 0.6 is 0 Å². The molecule has 1 atom stereocenters. The summed E-state index contributed by atoms with van der Waals surface area (Å²) in [5.74, 6) is 0.208. The molecule has 10 nitrogen and oxygen atoms in total. The number of halogens is 1. The Hall–Kier alpha value is -4.38. The van der Waals surface area contributed by atoms with E-state index < -0.39 is 11.7 Å². The van der Waals surface area contributed by atoms with Gasteiger partial charge in [0.05, 0.1) is 37.0 Å². The Bertz CT molecular complexity index is 1420. The zero-order chi connectivity index (χ0) is 25.2. The van der Waals surface area contributed by atoms with Crippen molar-refractivity contribution in [2.24, 2.45) is 5.73 Å². The first kappa shape index (κ1) is 23.4. The maximum atomic E-state index is 13.7. The van der Waals surface area contributed by atoms with Crippen LogP contribution in [-0.4, -0.2) is 48.8 Å². The predicted molar refractivity (Wildman–Crippen MR) is 135 cm³/mol. The number of anilines is 5. The summed E-state index contributed by atoms with van der Waals surface area (Å²) in [6.45, 7) is 4.30. The molecule has 1 aliphatic rings. The number of morpholine rings is 1. The fraction of sp³-hybridized carbons (Fsp3) is 0.240. The van der Waals surface area contributed by atoms with Gasteiger partial charge >= 0.3 is 5.95 Å². The van der Waals surface area contributed by atoms with E-state index in [2.05, 4.69) is 37.4 Å². The Labute approximate surface area is 206 Å². The summed E-state index contributed by atoms with van der Waals surface area (Å²) in [6, 6.07) is 11.8. The zero-order valence-electron chi connectivity index (χ0n) is 19.9. The summed E-state index contributed by atoms with van der Waals surface area (Å²) >= 11 is 0. The first-order valence-electron chi connectivity index (χ1n) is 11.5. The Balaban J connectivity index is 1.47. The van der Waals surface area contributed by atoms with Crippen LogP contribution in [0.25, 0.3) is 11.0 Å². The molecule has 186 valence electrons. The molecule has 11 heteroatoms. The van der Waals surface area contributed by atoms with Gasteiger partial charge in [0, 0.05) is 30.5 Å². The van der Waals surface area contributed by atoms with Crippen LogP contribution in [0.1, 0.15) is 17.3 Å². The van der Waals surface area contributed by atoms with Crippen LogP contribution < -0.4 is 31.0 Å². The SMILES string of the molecule is COc1cc(N2CCOC[C@@H]2C)ccc1Nc1nc(Nc2ccc(F)cc2C(N)=O)c2cc[nH]c2[nH+]1. The summed E-state index contributed by atoms with van der Waals surface area (Å²) in [5.41, 5.74) is 8.27. The third kappa shape index (κ3) is 4.60. The second kappa shape index (κ2) is 9.70. The molecular weight excluding hydrogens is 465 g/mol. The highest BCUT2D eigenvalue weighted by Crippen LogP contribution is 2.33. The maximum absolute atomic E-state index is 13.7. The molecule has 0 spiro atoms. The van der Waals surface area contributed by atoms with E-state index in [-0.39, 0.29) is 11.6 Å². The number of hydrogen-bond acceptors (Lipinski definition) is 7. The van der Waals surface area contributed by atoms with Crippen molar-refractivity contribution in [1.29, 1.82) is 0 Å². The lowest BCUT2D eigenvalue weighted by molar-refractivity contribution is -0.333. The van der Waals surface area contributed by atoms with E-state index in [1.54, 1.807) is 13.3 Å². The number of hydrogen-bond donors (Lipinski definition) is 4. The van der Waals surface area contributed by atoms with Gasteiger partial charge in [0.1, 0.15) is 11.5 Å². The number of fused-ring (bicyclic) bond motifs is 1. The number of nitrogens with two attached hydrogens (primary N) is 1. The van der Waals surface area contributed by atoms with Gasteiger partial charge in [0.15, 0.2) is 5.75 Å². The van der Waals surface area contributed by atoms with Crippen molar-refractivity contribution in [3.8, 4) is 5.75 Å². The van der Waals surface area contributed by atoms with Gasteiger partial charge in [-0.05, 0) is 43.3 Å². The van der Waals surface area contributed by atoms with Crippen LogP contribution in [0.15, 0.2) is 48.7 Å². The first-order chi connectivity index (χ1) is 17.4. The van der Waals surface area contributed by atoms with Crippen LogP contribution in [0.2, 0.25) is 0 Å². The summed E-state index contributed by atoms with van der Waals surface area (Å²) in [7, 11) is 1.62. The molecule has 5 rings (SSSR count). The Morgan fingerprint density at radius 3 is 2.86 bits per heavy atom. The molecule has 4 aromatic rings. The van der Waals surface area contributed by atoms with Crippen molar-refractivity contribution < 1.29 is 23.6 Å². The molecule has 36 heavy (non-hydrogen) atoms. The second-order valence-corrected chi connectivity index (χ2v) is 8.51. The molecular formula is C25H27FN7O3+. The number of carbonyl (C=O) groups is 1. The van der Waals surface area contributed by atoms with Crippen LogP contribution in [-0.2, 0) is 4.74 Å². The van der Waals surface area contributed by atoms with Crippen molar-refractivity contribution in [1.82, 2.24) is 9.97 Å². The Kier molecular flexibility index (Phi) is 6.30. The minimum atomic E-state index is -0.748. The topological polar surface area (TPSA) is 132 Å². The molecule has 0 bridgehead atoms. The van der Waals surface area contributed by atoms with Gasteiger partial charge in [-0.25, -0.2) is 9.37 Å². The first-order valence-corrected chi connectivity index (χ1v) is 11.5. The highest BCUT2D eigenvalue weighted by Gasteiger charge is 2.22. The maximum Gasteiger partial charge on any atom is 0.351 e. The van der Waals surface area contributed by atoms with Crippen LogP contribution in [0.4, 0.5) is 33.2 Å². The number of aromatic amines is 2. The van der Waals surface area contributed by atoms with Crippen molar-refractivity contribution in [3.63, 3.8) is 0 Å². The van der Waals surface area contributed by atoms with Gasteiger partial charge in [-0.1, -0.05) is 4.98 Å². The number of H-pyrrole nitrogens is 2. The van der Waals surface area contributed by atoms with Crippen LogP contribution in [0, 0.1) is 5.82 Å². The molecule has 0 unspecified atom stereocenters. The lowest BCUT2D eigenvalue weighted by atomic mass is 10.1. The fourth-order valence-corrected chi connectivity index (χ4v) is 4.30. The molecule has 6 N–H and O–H groups in total. The van der Waals surface area contributed by atoms with Gasteiger partial charge in [0.25, 0.3) is 5.91 Å². The minimum absolute atomic E-state index is 0.0254. The molecule has 1 aliphatic heterocycles. The largest absolute Gasteiger partial charge is 0.493 e. The van der Waals surface area contributed by atoms with E-state index in [1.807, 2.05) is 24.3 Å². The molecule has 0 saturated carbocycles. The number of primary amides is 1. The number of carbonyl (C=O) groups excluding carboxylic acids is 1. The number of methoxy groups -OCH3 is 1. The normalized spacial score (nSPS) is 15.6. The Morgan fingerprint density at radius 2 is 2.08 bits per heavy atom. The summed E-state index contributed by atoms with van der Waals surface area (Å²) < 4.78 is 24.9. The zero-order valence-corrected chi connectivity index (χ0v) is 19.9. The number of amides is 1. The quantitative estimate of drug-likeness (QED) is 0.311. The molecule has 1 amide bonds. The number of rotatable bonds is 7. The minimum Gasteiger partial charge on any atom is -0.493 e. The average molecular weight is 493 g/mol. The van der Waals surface area contributed by atoms with Gasteiger partial charge < -0.3 is 25.4 Å². The van der Waals surface area contributed by atoms with Crippen LogP contribution in [0.5, 0.6) is 5.75 Å². The van der Waals surface area contributed by atoms with E-state index in [9.17, 15) is 9.18 Å². The third-order valence-electron chi connectivity index (χ3n) is 6.11. The standard InChI is InChI=1S/C25H26FN7O3/c1-14-13-36-10-9-33(14)16-4-6-20(21(12-16)35-2)30-25-31-23-17(7-8-28-23)24(32-25)29-19-5-3-15(26)11-18(19)22(27)34/h3-8,11-12,14H,9-10,13H2,1-2H3,(H2,27,34)(H3,28,29,30,31,32)/p+1/t14-/m0/s1. The van der Waals surface area contributed by atoms with E-state index in [0.29, 0.717) is 47.8 Å². The number of nitrogens with zero attached hydrogens (tertiary/aromatic N) is 2. The average Bonchev–Trinajstić information content (AvgIpc) is 3.34. The van der Waals surface area contributed by atoms with Crippen molar-refractivity contribution in [3.05, 3.63) is 60.0 Å². The van der Waals surface area contributed by atoms with Crippen molar-refractivity contribution in [2.75, 3.05) is 42.4 Å². The van der Waals surface area contributed by atoms with E-state index in [0.717, 1.165) is 23.7 Å². The van der Waals surface area contributed by atoms with E-state index in [1.165, 1.54) is 12.1 Å². The molecule has 1 saturated heterocycles. The monoisotopic (exact) mass is 492 g/mol. The smallest absolute Gasteiger partial charge is 0.351 e. The van der Waals surface area contributed by atoms with Gasteiger partial charge in [-0.3, -0.25) is 15.1 Å². The third-order valence-corrected chi connectivity index (χ3v) is 6.11. The van der Waals surface area contributed by atoms with Gasteiger partial charge in [-0.2, -0.15) is 0 Å². The number of benzene rings is 2.